The molecule has 0 unspecified atom stereocenters. The van der Waals surface area contributed by atoms with E-state index in [1.54, 1.807) is 31.5 Å². The smallest absolute Gasteiger partial charge is 0.255 e. The van der Waals surface area contributed by atoms with Crippen LogP contribution in [0.3, 0.4) is 0 Å². The van der Waals surface area contributed by atoms with E-state index in [4.69, 9.17) is 0 Å². The molecule has 6 nitrogen and oxygen atoms in total. The first-order valence-corrected chi connectivity index (χ1v) is 8.66. The molecule has 1 saturated heterocycles. The van der Waals surface area contributed by atoms with Crippen LogP contribution >= 0.6 is 11.8 Å². The summed E-state index contributed by atoms with van der Waals surface area (Å²) >= 11 is 1.85. The zero-order valence-electron chi connectivity index (χ0n) is 12.9. The summed E-state index contributed by atoms with van der Waals surface area (Å²) in [6, 6.07) is 3.57. The third-order valence-corrected chi connectivity index (χ3v) is 4.81. The first kappa shape index (κ1) is 15.7. The normalized spacial score (nSPS) is 14.7. The van der Waals surface area contributed by atoms with E-state index in [2.05, 4.69) is 15.0 Å². The fourth-order valence-electron chi connectivity index (χ4n) is 2.54. The number of hydrogen-bond donors (Lipinski definition) is 1. The molecule has 7 heteroatoms. The fraction of sp³-hybridized carbons (Fsp3) is 0.375. The van der Waals surface area contributed by atoms with E-state index in [-0.39, 0.29) is 17.9 Å². The van der Waals surface area contributed by atoms with E-state index in [1.165, 1.54) is 0 Å². The van der Waals surface area contributed by atoms with Gasteiger partial charge in [0.05, 0.1) is 6.42 Å². The van der Waals surface area contributed by atoms with Crippen molar-refractivity contribution in [2.24, 2.45) is 0 Å². The third kappa shape index (κ3) is 3.61. The van der Waals surface area contributed by atoms with Crippen molar-refractivity contribution in [1.29, 1.82) is 0 Å². The second-order valence-corrected chi connectivity index (χ2v) is 6.61. The van der Waals surface area contributed by atoms with Gasteiger partial charge >= 0.3 is 0 Å². The van der Waals surface area contributed by atoms with Gasteiger partial charge in [-0.05, 0) is 19.1 Å². The highest BCUT2D eigenvalue weighted by Crippen LogP contribution is 2.14. The summed E-state index contributed by atoms with van der Waals surface area (Å²) in [6.45, 7) is 3.28. The average molecular weight is 330 g/mol. The molecule has 1 aliphatic heterocycles. The van der Waals surface area contributed by atoms with Gasteiger partial charge < -0.3 is 9.88 Å². The number of nitrogens with zero attached hydrogens (tertiary/aromatic N) is 3. The van der Waals surface area contributed by atoms with Crippen LogP contribution in [0.4, 0.5) is 0 Å². The van der Waals surface area contributed by atoms with Crippen molar-refractivity contribution in [1.82, 2.24) is 19.9 Å². The molecule has 0 saturated carbocycles. The maximum Gasteiger partial charge on any atom is 0.255 e. The number of rotatable bonds is 3. The molecule has 0 aliphatic carbocycles. The SMILES string of the molecule is Cc1nc(-c2ccncc2)[nH]c(=O)c1CC(=O)N1CCSCC1. The van der Waals surface area contributed by atoms with Gasteiger partial charge in [-0.3, -0.25) is 14.6 Å². The molecule has 1 fully saturated rings. The lowest BCUT2D eigenvalue weighted by atomic mass is 10.1. The Hall–Kier alpha value is -2.15. The predicted molar refractivity (Wildman–Crippen MR) is 90.4 cm³/mol. The Bertz CT molecular complexity index is 754. The van der Waals surface area contributed by atoms with Gasteiger partial charge in [-0.25, -0.2) is 4.98 Å². The van der Waals surface area contributed by atoms with E-state index >= 15 is 0 Å². The molecule has 1 amide bonds. The fourth-order valence-corrected chi connectivity index (χ4v) is 3.44. The van der Waals surface area contributed by atoms with Crippen LogP contribution in [0.5, 0.6) is 0 Å². The van der Waals surface area contributed by atoms with E-state index in [0.717, 1.165) is 30.2 Å². The highest BCUT2D eigenvalue weighted by atomic mass is 32.2. The van der Waals surface area contributed by atoms with Gasteiger partial charge in [0.2, 0.25) is 5.91 Å². The molecule has 1 N–H and O–H groups in total. The molecular formula is C16H18N4O2S. The Morgan fingerprint density at radius 3 is 2.65 bits per heavy atom. The minimum atomic E-state index is -0.246. The summed E-state index contributed by atoms with van der Waals surface area (Å²) in [5, 5.41) is 0. The van der Waals surface area contributed by atoms with E-state index in [0.29, 0.717) is 17.1 Å². The number of amides is 1. The maximum absolute atomic E-state index is 12.4. The molecule has 1 aliphatic rings. The van der Waals surface area contributed by atoms with Crippen LogP contribution < -0.4 is 5.56 Å². The topological polar surface area (TPSA) is 79.0 Å². The van der Waals surface area contributed by atoms with Crippen LogP contribution in [0.15, 0.2) is 29.3 Å². The zero-order valence-corrected chi connectivity index (χ0v) is 13.7. The van der Waals surface area contributed by atoms with Crippen LogP contribution in [-0.4, -0.2) is 50.4 Å². The van der Waals surface area contributed by atoms with E-state index in [9.17, 15) is 9.59 Å². The Kier molecular flexibility index (Phi) is 4.76. The summed E-state index contributed by atoms with van der Waals surface area (Å²) < 4.78 is 0. The number of pyridine rings is 1. The van der Waals surface area contributed by atoms with Crippen LogP contribution in [-0.2, 0) is 11.2 Å². The number of aryl methyl sites for hydroxylation is 1. The molecule has 3 rings (SSSR count). The summed E-state index contributed by atoms with van der Waals surface area (Å²) in [5.74, 6) is 2.42. The third-order valence-electron chi connectivity index (χ3n) is 3.87. The minimum absolute atomic E-state index is 0.00244. The number of thioether (sulfide) groups is 1. The number of carbonyl (C=O) groups is 1. The van der Waals surface area contributed by atoms with Crippen molar-refractivity contribution in [3.63, 3.8) is 0 Å². The van der Waals surface area contributed by atoms with Gasteiger partial charge in [-0.15, -0.1) is 0 Å². The quantitative estimate of drug-likeness (QED) is 0.916. The van der Waals surface area contributed by atoms with Crippen LogP contribution in [0.25, 0.3) is 11.4 Å². The van der Waals surface area contributed by atoms with Crippen molar-refractivity contribution in [2.45, 2.75) is 13.3 Å². The first-order chi connectivity index (χ1) is 11.1. The number of carbonyl (C=O) groups excluding carboxylic acids is 1. The van der Waals surface area contributed by atoms with Crippen molar-refractivity contribution < 1.29 is 4.79 Å². The van der Waals surface area contributed by atoms with E-state index in [1.807, 2.05) is 16.7 Å². The molecule has 120 valence electrons. The summed E-state index contributed by atoms with van der Waals surface area (Å²) in [7, 11) is 0. The second-order valence-electron chi connectivity index (χ2n) is 5.38. The molecule has 0 bridgehead atoms. The number of nitrogens with one attached hydrogen (secondary N) is 1. The Morgan fingerprint density at radius 2 is 2.00 bits per heavy atom. The lowest BCUT2D eigenvalue weighted by Gasteiger charge is -2.26. The minimum Gasteiger partial charge on any atom is -0.341 e. The molecular weight excluding hydrogens is 312 g/mol. The zero-order chi connectivity index (χ0) is 16.2. The van der Waals surface area contributed by atoms with Crippen LogP contribution in [0.1, 0.15) is 11.3 Å². The molecule has 0 atom stereocenters. The molecule has 23 heavy (non-hydrogen) atoms. The highest BCUT2D eigenvalue weighted by molar-refractivity contribution is 7.99. The maximum atomic E-state index is 12.4. The first-order valence-electron chi connectivity index (χ1n) is 7.51. The number of H-pyrrole nitrogens is 1. The standard InChI is InChI=1S/C16H18N4O2S/c1-11-13(10-14(21)20-6-8-23-9-7-20)16(22)19-15(18-11)12-2-4-17-5-3-12/h2-5H,6-10H2,1H3,(H,18,19,22). The molecule has 0 radical (unpaired) electrons. The van der Waals surface area contributed by atoms with E-state index < -0.39 is 0 Å². The Labute approximate surface area is 138 Å². The lowest BCUT2D eigenvalue weighted by Crippen LogP contribution is -2.39. The molecule has 0 spiro atoms. The molecule has 3 heterocycles. The lowest BCUT2D eigenvalue weighted by molar-refractivity contribution is -0.130. The van der Waals surface area contributed by atoms with Gasteiger partial charge in [-0.2, -0.15) is 11.8 Å². The summed E-state index contributed by atoms with van der Waals surface area (Å²) in [6.07, 6.45) is 3.41. The van der Waals surface area contributed by atoms with Gasteiger partial charge in [0.15, 0.2) is 0 Å². The predicted octanol–water partition coefficient (Wildman–Crippen LogP) is 1.26. The van der Waals surface area contributed by atoms with Gasteiger partial charge in [0, 0.05) is 53.8 Å². The molecule has 0 aromatic carbocycles. The van der Waals surface area contributed by atoms with Gasteiger partial charge in [0.1, 0.15) is 5.82 Å². The largest absolute Gasteiger partial charge is 0.341 e. The number of aromatic amines is 1. The summed E-state index contributed by atoms with van der Waals surface area (Å²) in [4.78, 5) is 37.7. The number of hydrogen-bond acceptors (Lipinski definition) is 5. The Balaban J connectivity index is 1.83. The molecule has 2 aromatic rings. The number of aromatic nitrogens is 3. The van der Waals surface area contributed by atoms with Crippen LogP contribution in [0.2, 0.25) is 0 Å². The van der Waals surface area contributed by atoms with Crippen molar-refractivity contribution in [2.75, 3.05) is 24.6 Å². The average Bonchev–Trinajstić information content (AvgIpc) is 2.59. The summed E-state index contributed by atoms with van der Waals surface area (Å²) in [5.41, 5.74) is 1.60. The van der Waals surface area contributed by atoms with Gasteiger partial charge in [0.25, 0.3) is 5.56 Å². The highest BCUT2D eigenvalue weighted by Gasteiger charge is 2.20. The van der Waals surface area contributed by atoms with Crippen molar-refractivity contribution in [3.8, 4) is 11.4 Å². The monoisotopic (exact) mass is 330 g/mol. The second kappa shape index (κ2) is 6.95. The Morgan fingerprint density at radius 1 is 1.30 bits per heavy atom. The van der Waals surface area contributed by atoms with Crippen LogP contribution in [0, 0.1) is 6.92 Å². The van der Waals surface area contributed by atoms with Gasteiger partial charge in [-0.1, -0.05) is 0 Å². The van der Waals surface area contributed by atoms with Crippen molar-refractivity contribution >= 4 is 17.7 Å². The molecule has 2 aromatic heterocycles. The van der Waals surface area contributed by atoms with Crippen molar-refractivity contribution in [3.05, 3.63) is 46.1 Å².